The molecule has 0 aliphatic carbocycles. The average Bonchev–Trinajstić information content (AvgIpc) is 3.26. The normalized spacial score (nSPS) is 16.6. The van der Waals surface area contributed by atoms with E-state index in [2.05, 4.69) is 10.2 Å². The summed E-state index contributed by atoms with van der Waals surface area (Å²) >= 11 is 12.0. The van der Waals surface area contributed by atoms with Crippen LogP contribution in [0.5, 0.6) is 11.5 Å². The maximum atomic E-state index is 11.3. The molecule has 1 aliphatic rings. The van der Waals surface area contributed by atoms with E-state index in [1.54, 1.807) is 12.1 Å². The largest absolute Gasteiger partial charge is 0.491 e. The van der Waals surface area contributed by atoms with Crippen LogP contribution in [0.25, 0.3) is 11.1 Å². The first kappa shape index (κ1) is 25.3. The lowest BCUT2D eigenvalue weighted by atomic mass is 10.0. The Balaban J connectivity index is 1.23. The lowest BCUT2D eigenvalue weighted by Gasteiger charge is -2.20. The van der Waals surface area contributed by atoms with E-state index >= 15 is 0 Å². The van der Waals surface area contributed by atoms with Crippen LogP contribution in [0.3, 0.4) is 0 Å². The number of hydrogen-bond donors (Lipinski definition) is 2. The van der Waals surface area contributed by atoms with Crippen molar-refractivity contribution in [2.75, 3.05) is 31.6 Å². The van der Waals surface area contributed by atoms with Crippen LogP contribution >= 0.6 is 23.2 Å². The number of ether oxygens (including phenoxy) is 2. The third-order valence-electron chi connectivity index (χ3n) is 5.70. The van der Waals surface area contributed by atoms with Gasteiger partial charge in [-0.1, -0.05) is 47.5 Å². The highest BCUT2D eigenvalue weighted by molar-refractivity contribution is 6.42. The Bertz CT molecular complexity index is 1160. The standard InChI is InChI=1S/C27H28Cl2N2O4/c1-18(32)30-21-4-2-3-20(13-21)19-5-7-23(8-6-19)34-17-22(33)15-31-12-11-25(16-31)35-24-9-10-26(28)27(29)14-24/h2-10,13-14,22,25,33H,11-12,15-17H2,1H3,(H,30,32). The van der Waals surface area contributed by atoms with Gasteiger partial charge in [-0.05, 0) is 53.9 Å². The zero-order valence-electron chi connectivity index (χ0n) is 19.4. The molecule has 2 atom stereocenters. The first-order valence-corrected chi connectivity index (χ1v) is 12.2. The van der Waals surface area contributed by atoms with Gasteiger partial charge in [-0.25, -0.2) is 0 Å². The number of amides is 1. The summed E-state index contributed by atoms with van der Waals surface area (Å²) in [4.78, 5) is 13.5. The van der Waals surface area contributed by atoms with Crippen LogP contribution in [0.15, 0.2) is 66.7 Å². The molecule has 1 fully saturated rings. The van der Waals surface area contributed by atoms with Crippen molar-refractivity contribution in [3.63, 3.8) is 0 Å². The van der Waals surface area contributed by atoms with E-state index in [1.165, 1.54) is 6.92 Å². The van der Waals surface area contributed by atoms with Gasteiger partial charge >= 0.3 is 0 Å². The predicted octanol–water partition coefficient (Wildman–Crippen LogP) is 5.51. The van der Waals surface area contributed by atoms with Gasteiger partial charge in [-0.3, -0.25) is 9.69 Å². The highest BCUT2D eigenvalue weighted by atomic mass is 35.5. The number of anilines is 1. The van der Waals surface area contributed by atoms with E-state index in [-0.39, 0.29) is 18.6 Å². The van der Waals surface area contributed by atoms with Crippen molar-refractivity contribution in [3.8, 4) is 22.6 Å². The number of hydrogen-bond acceptors (Lipinski definition) is 5. The number of carbonyl (C=O) groups is 1. The van der Waals surface area contributed by atoms with Crippen LogP contribution in [-0.4, -0.2) is 54.4 Å². The monoisotopic (exact) mass is 514 g/mol. The topological polar surface area (TPSA) is 71.0 Å². The first-order chi connectivity index (χ1) is 16.9. The molecule has 0 radical (unpaired) electrons. The van der Waals surface area contributed by atoms with Crippen molar-refractivity contribution in [2.24, 2.45) is 0 Å². The fourth-order valence-corrected chi connectivity index (χ4v) is 4.36. The molecule has 35 heavy (non-hydrogen) atoms. The third-order valence-corrected chi connectivity index (χ3v) is 6.44. The van der Waals surface area contributed by atoms with Gasteiger partial charge in [0.05, 0.1) is 10.0 Å². The number of nitrogens with zero attached hydrogens (tertiary/aromatic N) is 1. The molecule has 2 unspecified atom stereocenters. The van der Waals surface area contributed by atoms with Crippen molar-refractivity contribution >= 4 is 34.8 Å². The van der Waals surface area contributed by atoms with E-state index in [0.717, 1.165) is 36.3 Å². The second-order valence-electron chi connectivity index (χ2n) is 8.62. The Morgan fingerprint density at radius 2 is 1.83 bits per heavy atom. The Labute approximate surface area is 215 Å². The Hall–Kier alpha value is -2.77. The summed E-state index contributed by atoms with van der Waals surface area (Å²) in [5.41, 5.74) is 2.76. The predicted molar refractivity (Wildman–Crippen MR) is 140 cm³/mol. The average molecular weight is 515 g/mol. The molecular weight excluding hydrogens is 487 g/mol. The van der Waals surface area contributed by atoms with Gasteiger partial charge in [0.2, 0.25) is 5.91 Å². The molecule has 1 aliphatic heterocycles. The summed E-state index contributed by atoms with van der Waals surface area (Å²) in [5.74, 6) is 1.28. The Morgan fingerprint density at radius 1 is 1.06 bits per heavy atom. The van der Waals surface area contributed by atoms with Gasteiger partial charge in [-0.2, -0.15) is 0 Å². The summed E-state index contributed by atoms with van der Waals surface area (Å²) in [6.45, 7) is 3.77. The van der Waals surface area contributed by atoms with Gasteiger partial charge in [-0.15, -0.1) is 0 Å². The highest BCUT2D eigenvalue weighted by Gasteiger charge is 2.26. The van der Waals surface area contributed by atoms with Crippen LogP contribution < -0.4 is 14.8 Å². The number of β-amino-alcohol motifs (C(OH)–C–C–N with tert-alkyl or cyclic N) is 1. The van der Waals surface area contributed by atoms with Gasteiger partial charge in [0.25, 0.3) is 0 Å². The summed E-state index contributed by atoms with van der Waals surface area (Å²) in [5, 5.41) is 14.2. The molecule has 0 spiro atoms. The minimum Gasteiger partial charge on any atom is -0.491 e. The number of rotatable bonds is 9. The SMILES string of the molecule is CC(=O)Nc1cccc(-c2ccc(OCC(O)CN3CCC(Oc4ccc(Cl)c(Cl)c4)C3)cc2)c1. The van der Waals surface area contributed by atoms with Crippen LogP contribution in [0.2, 0.25) is 10.0 Å². The minimum atomic E-state index is -0.618. The summed E-state index contributed by atoms with van der Waals surface area (Å²) in [6.07, 6.45) is 0.295. The number of halogens is 2. The lowest BCUT2D eigenvalue weighted by molar-refractivity contribution is -0.114. The molecule has 2 N–H and O–H groups in total. The second-order valence-corrected chi connectivity index (χ2v) is 9.43. The molecule has 1 saturated heterocycles. The molecule has 3 aromatic rings. The van der Waals surface area contributed by atoms with E-state index in [4.69, 9.17) is 32.7 Å². The summed E-state index contributed by atoms with van der Waals surface area (Å²) in [7, 11) is 0. The molecule has 8 heteroatoms. The van der Waals surface area contributed by atoms with Crippen LogP contribution in [-0.2, 0) is 4.79 Å². The Kier molecular flexibility index (Phi) is 8.52. The number of benzene rings is 3. The summed E-state index contributed by atoms with van der Waals surface area (Å²) in [6, 6.07) is 20.6. The van der Waals surface area contributed by atoms with Crippen molar-refractivity contribution in [1.29, 1.82) is 0 Å². The molecule has 0 bridgehead atoms. The minimum absolute atomic E-state index is 0.0389. The number of aliphatic hydroxyl groups excluding tert-OH is 1. The molecule has 6 nitrogen and oxygen atoms in total. The van der Waals surface area contributed by atoms with Crippen LogP contribution in [0, 0.1) is 0 Å². The maximum Gasteiger partial charge on any atom is 0.221 e. The van der Waals surface area contributed by atoms with Gasteiger partial charge in [0.15, 0.2) is 0 Å². The number of likely N-dealkylation sites (tertiary alicyclic amines) is 1. The van der Waals surface area contributed by atoms with Crippen LogP contribution in [0.4, 0.5) is 5.69 Å². The smallest absolute Gasteiger partial charge is 0.221 e. The highest BCUT2D eigenvalue weighted by Crippen LogP contribution is 2.28. The van der Waals surface area contributed by atoms with Gasteiger partial charge in [0, 0.05) is 38.3 Å². The van der Waals surface area contributed by atoms with Crippen molar-refractivity contribution in [3.05, 3.63) is 76.8 Å². The molecule has 3 aromatic carbocycles. The molecular formula is C27H28Cl2N2O4. The molecule has 1 amide bonds. The van der Waals surface area contributed by atoms with Crippen molar-refractivity contribution in [2.45, 2.75) is 25.6 Å². The first-order valence-electron chi connectivity index (χ1n) is 11.5. The fraction of sp³-hybridized carbons (Fsp3) is 0.296. The Morgan fingerprint density at radius 3 is 2.57 bits per heavy atom. The van der Waals surface area contributed by atoms with Crippen molar-refractivity contribution in [1.82, 2.24) is 4.90 Å². The van der Waals surface area contributed by atoms with Gasteiger partial charge in [0.1, 0.15) is 30.3 Å². The number of nitrogens with one attached hydrogen (secondary N) is 1. The van der Waals surface area contributed by atoms with E-state index < -0.39 is 6.10 Å². The zero-order chi connectivity index (χ0) is 24.8. The molecule has 184 valence electrons. The maximum absolute atomic E-state index is 11.3. The van der Waals surface area contributed by atoms with Gasteiger partial charge < -0.3 is 19.9 Å². The van der Waals surface area contributed by atoms with E-state index in [1.807, 2.05) is 54.6 Å². The number of aliphatic hydroxyl groups is 1. The quantitative estimate of drug-likeness (QED) is 0.393. The third kappa shape index (κ3) is 7.36. The van der Waals surface area contributed by atoms with E-state index in [9.17, 15) is 9.90 Å². The number of carbonyl (C=O) groups excluding carboxylic acids is 1. The van der Waals surface area contributed by atoms with Crippen molar-refractivity contribution < 1.29 is 19.4 Å². The molecule has 0 saturated carbocycles. The zero-order valence-corrected chi connectivity index (χ0v) is 20.9. The molecule has 1 heterocycles. The van der Waals surface area contributed by atoms with Crippen LogP contribution in [0.1, 0.15) is 13.3 Å². The molecule has 4 rings (SSSR count). The summed E-state index contributed by atoms with van der Waals surface area (Å²) < 4.78 is 11.8. The fourth-order valence-electron chi connectivity index (χ4n) is 4.07. The molecule has 0 aromatic heterocycles. The lowest BCUT2D eigenvalue weighted by Crippen LogP contribution is -2.35. The van der Waals surface area contributed by atoms with E-state index in [0.29, 0.717) is 28.1 Å². The second kappa shape index (κ2) is 11.8.